The smallest absolute Gasteiger partial charge is 0.180 e. The van der Waals surface area contributed by atoms with Gasteiger partial charge in [-0.1, -0.05) is 6.92 Å². The summed E-state index contributed by atoms with van der Waals surface area (Å²) in [5.74, 6) is 0.145. The SMILES string of the molecule is CCS(=O)(=O)CCCC(=O)c1cncn1C. The fraction of sp³-hybridized carbons (Fsp3) is 0.600. The molecule has 1 aromatic heterocycles. The molecule has 0 bridgehead atoms. The number of carbonyl (C=O) groups excluding carboxylic acids is 1. The molecule has 0 unspecified atom stereocenters. The minimum atomic E-state index is -2.97. The van der Waals surface area contributed by atoms with E-state index in [0.717, 1.165) is 0 Å². The molecule has 0 spiro atoms. The average Bonchev–Trinajstić information content (AvgIpc) is 2.64. The number of aryl methyl sites for hydroxylation is 1. The second-order valence-electron chi connectivity index (χ2n) is 3.65. The minimum Gasteiger partial charge on any atom is -0.331 e. The van der Waals surface area contributed by atoms with Crippen LogP contribution in [0.2, 0.25) is 0 Å². The molecule has 0 fully saturated rings. The van der Waals surface area contributed by atoms with Crippen molar-refractivity contribution in [1.82, 2.24) is 9.55 Å². The summed E-state index contributed by atoms with van der Waals surface area (Å²) >= 11 is 0. The molecule has 6 heteroatoms. The van der Waals surface area contributed by atoms with E-state index in [0.29, 0.717) is 12.1 Å². The molecule has 1 heterocycles. The quantitative estimate of drug-likeness (QED) is 0.695. The van der Waals surface area contributed by atoms with E-state index in [1.165, 1.54) is 6.20 Å². The highest BCUT2D eigenvalue weighted by Gasteiger charge is 2.12. The molecule has 90 valence electrons. The van der Waals surface area contributed by atoms with Crippen molar-refractivity contribution in [2.75, 3.05) is 11.5 Å². The van der Waals surface area contributed by atoms with Crippen LogP contribution < -0.4 is 0 Å². The Morgan fingerprint density at radius 2 is 2.19 bits per heavy atom. The summed E-state index contributed by atoms with van der Waals surface area (Å²) in [4.78, 5) is 15.5. The Bertz CT molecular complexity index is 462. The number of hydrogen-bond donors (Lipinski definition) is 0. The van der Waals surface area contributed by atoms with Crippen LogP contribution in [0.4, 0.5) is 0 Å². The van der Waals surface area contributed by atoms with Crippen LogP contribution in [0, 0.1) is 0 Å². The number of Topliss-reactive ketones (excluding diaryl/α,β-unsaturated/α-hetero) is 1. The highest BCUT2D eigenvalue weighted by atomic mass is 32.2. The highest BCUT2D eigenvalue weighted by molar-refractivity contribution is 7.91. The zero-order valence-corrected chi connectivity index (χ0v) is 10.3. The number of carbonyl (C=O) groups is 1. The van der Waals surface area contributed by atoms with Crippen molar-refractivity contribution in [2.24, 2.45) is 7.05 Å². The Morgan fingerprint density at radius 3 is 2.69 bits per heavy atom. The first kappa shape index (κ1) is 12.9. The summed E-state index contributed by atoms with van der Waals surface area (Å²) in [7, 11) is -1.23. The molecule has 0 radical (unpaired) electrons. The van der Waals surface area contributed by atoms with Crippen molar-refractivity contribution >= 4 is 15.6 Å². The van der Waals surface area contributed by atoms with Gasteiger partial charge in [0.2, 0.25) is 0 Å². The Hall–Kier alpha value is -1.17. The van der Waals surface area contributed by atoms with Gasteiger partial charge in [0.05, 0.1) is 18.3 Å². The Labute approximate surface area is 95.4 Å². The number of rotatable bonds is 6. The van der Waals surface area contributed by atoms with E-state index in [1.807, 2.05) is 0 Å². The number of sulfone groups is 1. The molecule has 0 aromatic carbocycles. The number of imidazole rings is 1. The van der Waals surface area contributed by atoms with Gasteiger partial charge >= 0.3 is 0 Å². The predicted molar refractivity (Wildman–Crippen MR) is 61.1 cm³/mol. The van der Waals surface area contributed by atoms with E-state index in [2.05, 4.69) is 4.98 Å². The van der Waals surface area contributed by atoms with Crippen molar-refractivity contribution in [2.45, 2.75) is 19.8 Å². The topological polar surface area (TPSA) is 69.0 Å². The standard InChI is InChI=1S/C10H16N2O3S/c1-3-16(14,15)6-4-5-10(13)9-7-11-8-12(9)2/h7-8H,3-6H2,1-2H3. The molecular weight excluding hydrogens is 228 g/mol. The molecule has 0 N–H and O–H groups in total. The van der Waals surface area contributed by atoms with Gasteiger partial charge < -0.3 is 4.57 Å². The Kier molecular flexibility index (Phi) is 4.23. The van der Waals surface area contributed by atoms with E-state index in [9.17, 15) is 13.2 Å². The van der Waals surface area contributed by atoms with Crippen LogP contribution in [0.1, 0.15) is 30.3 Å². The van der Waals surface area contributed by atoms with Gasteiger partial charge in [-0.05, 0) is 6.42 Å². The molecule has 0 aliphatic rings. The fourth-order valence-electron chi connectivity index (χ4n) is 1.35. The molecule has 0 aliphatic heterocycles. The second-order valence-corrected chi connectivity index (χ2v) is 6.13. The first-order valence-electron chi connectivity index (χ1n) is 5.16. The monoisotopic (exact) mass is 244 g/mol. The van der Waals surface area contributed by atoms with Crippen molar-refractivity contribution in [3.63, 3.8) is 0 Å². The minimum absolute atomic E-state index is 0.0636. The molecule has 1 rings (SSSR count). The molecule has 16 heavy (non-hydrogen) atoms. The maximum atomic E-state index is 11.6. The molecule has 0 saturated carbocycles. The molecule has 0 atom stereocenters. The van der Waals surface area contributed by atoms with Crippen LogP contribution in [0.5, 0.6) is 0 Å². The first-order valence-corrected chi connectivity index (χ1v) is 6.98. The van der Waals surface area contributed by atoms with Gasteiger partial charge in [0.1, 0.15) is 15.5 Å². The van der Waals surface area contributed by atoms with Crippen LogP contribution in [-0.4, -0.2) is 35.3 Å². The third-order valence-corrected chi connectivity index (χ3v) is 4.19. The molecule has 0 saturated heterocycles. The van der Waals surface area contributed by atoms with Crippen LogP contribution in [0.3, 0.4) is 0 Å². The van der Waals surface area contributed by atoms with Crippen LogP contribution in [-0.2, 0) is 16.9 Å². The lowest BCUT2D eigenvalue weighted by molar-refractivity contribution is 0.0974. The largest absolute Gasteiger partial charge is 0.331 e. The van der Waals surface area contributed by atoms with Crippen LogP contribution in [0.25, 0.3) is 0 Å². The third kappa shape index (κ3) is 3.44. The lowest BCUT2D eigenvalue weighted by atomic mass is 10.2. The highest BCUT2D eigenvalue weighted by Crippen LogP contribution is 2.05. The zero-order valence-electron chi connectivity index (χ0n) is 9.51. The maximum Gasteiger partial charge on any atom is 0.180 e. The molecule has 0 amide bonds. The van der Waals surface area contributed by atoms with E-state index in [4.69, 9.17) is 0 Å². The number of hydrogen-bond acceptors (Lipinski definition) is 4. The lowest BCUT2D eigenvalue weighted by Crippen LogP contribution is -2.11. The molecular formula is C10H16N2O3S. The van der Waals surface area contributed by atoms with Gasteiger partial charge in [0, 0.05) is 19.2 Å². The normalized spacial score (nSPS) is 11.6. The number of ketones is 1. The van der Waals surface area contributed by atoms with E-state index in [-0.39, 0.29) is 23.7 Å². The predicted octanol–water partition coefficient (Wildman–Crippen LogP) is 0.818. The summed E-state index contributed by atoms with van der Waals surface area (Å²) in [6, 6.07) is 0. The molecule has 0 aliphatic carbocycles. The van der Waals surface area contributed by atoms with E-state index < -0.39 is 9.84 Å². The summed E-state index contributed by atoms with van der Waals surface area (Å²) in [5, 5.41) is 0. The van der Waals surface area contributed by atoms with Gasteiger partial charge in [-0.25, -0.2) is 13.4 Å². The van der Waals surface area contributed by atoms with Gasteiger partial charge in [-0.2, -0.15) is 0 Å². The Morgan fingerprint density at radius 1 is 1.50 bits per heavy atom. The summed E-state index contributed by atoms with van der Waals surface area (Å²) in [6.45, 7) is 1.61. The summed E-state index contributed by atoms with van der Waals surface area (Å²) in [5.41, 5.74) is 0.522. The second kappa shape index (κ2) is 5.25. The number of nitrogens with zero attached hydrogens (tertiary/aromatic N) is 2. The average molecular weight is 244 g/mol. The van der Waals surface area contributed by atoms with Crippen molar-refractivity contribution in [3.8, 4) is 0 Å². The number of aromatic nitrogens is 2. The summed E-state index contributed by atoms with van der Waals surface area (Å²) in [6.07, 6.45) is 3.67. The van der Waals surface area contributed by atoms with Gasteiger partial charge in [-0.15, -0.1) is 0 Å². The zero-order chi connectivity index (χ0) is 12.2. The van der Waals surface area contributed by atoms with E-state index in [1.54, 1.807) is 24.9 Å². The summed E-state index contributed by atoms with van der Waals surface area (Å²) < 4.78 is 24.0. The van der Waals surface area contributed by atoms with Crippen molar-refractivity contribution in [3.05, 3.63) is 18.2 Å². The van der Waals surface area contributed by atoms with Crippen molar-refractivity contribution in [1.29, 1.82) is 0 Å². The van der Waals surface area contributed by atoms with Crippen LogP contribution >= 0.6 is 0 Å². The van der Waals surface area contributed by atoms with E-state index >= 15 is 0 Å². The molecule has 5 nitrogen and oxygen atoms in total. The third-order valence-electron chi connectivity index (χ3n) is 2.40. The van der Waals surface area contributed by atoms with Gasteiger partial charge in [0.25, 0.3) is 0 Å². The van der Waals surface area contributed by atoms with Gasteiger partial charge in [0.15, 0.2) is 5.78 Å². The van der Waals surface area contributed by atoms with Crippen LogP contribution in [0.15, 0.2) is 12.5 Å². The lowest BCUT2D eigenvalue weighted by Gasteiger charge is -2.02. The fourth-order valence-corrected chi connectivity index (χ4v) is 2.22. The first-order chi connectivity index (χ1) is 7.46. The van der Waals surface area contributed by atoms with Crippen molar-refractivity contribution < 1.29 is 13.2 Å². The maximum absolute atomic E-state index is 11.6. The van der Waals surface area contributed by atoms with Gasteiger partial charge in [-0.3, -0.25) is 4.79 Å². The molecule has 1 aromatic rings. The Balaban J connectivity index is 2.46.